The van der Waals surface area contributed by atoms with Crippen LogP contribution in [0.3, 0.4) is 0 Å². The van der Waals surface area contributed by atoms with Crippen LogP contribution in [0.4, 0.5) is 0 Å². The van der Waals surface area contributed by atoms with Crippen LogP contribution < -0.4 is 0 Å². The average molecular weight is 1550 g/mol. The number of fused-ring (bicyclic) bond motifs is 21. The highest BCUT2D eigenvalue weighted by atomic mass is 32.1. The van der Waals surface area contributed by atoms with Gasteiger partial charge in [-0.15, -0.1) is 45.3 Å². The van der Waals surface area contributed by atoms with Gasteiger partial charge in [-0.2, -0.15) is 0 Å². The highest BCUT2D eigenvalue weighted by Crippen LogP contribution is 2.39. The number of hydrogen-bond acceptors (Lipinski definition) is 7. The molecule has 574 valence electrons. The van der Waals surface area contributed by atoms with Gasteiger partial charge in [0.2, 0.25) is 0 Å². The minimum absolute atomic E-state index is 0.966. The van der Waals surface area contributed by atoms with Crippen LogP contribution in [0.15, 0.2) is 311 Å². The molecule has 0 aliphatic rings. The van der Waals surface area contributed by atoms with Crippen LogP contribution in [-0.4, -0.2) is 0 Å². The molecule has 7 heteroatoms. The molecule has 0 saturated heterocycles. The Morgan fingerprint density at radius 1 is 0.170 bits per heavy atom. The van der Waals surface area contributed by atoms with Gasteiger partial charge < -0.3 is 13.3 Å². The van der Waals surface area contributed by atoms with Gasteiger partial charge in [0.15, 0.2) is 0 Å². The second-order valence-corrected chi connectivity index (χ2v) is 29.3. The topological polar surface area (TPSA) is 39.4 Å². The van der Waals surface area contributed by atoms with Crippen LogP contribution in [0.25, 0.3) is 147 Å². The Balaban J connectivity index is 0.000000160. The van der Waals surface area contributed by atoms with Gasteiger partial charge in [-0.25, -0.2) is 0 Å². The lowest BCUT2D eigenvalue weighted by atomic mass is 10.1. The third-order valence-electron chi connectivity index (χ3n) is 18.0. The van der Waals surface area contributed by atoms with Crippen molar-refractivity contribution in [1.82, 2.24) is 0 Å². The van der Waals surface area contributed by atoms with Crippen LogP contribution in [0, 0.1) is 48.5 Å². The molecular formula is C105H112O3S4. The Morgan fingerprint density at radius 3 is 1.08 bits per heavy atom. The number of benzene rings is 14. The third-order valence-corrected chi connectivity index (χ3v) is 22.7. The first kappa shape index (κ1) is 86.9. The summed E-state index contributed by atoms with van der Waals surface area (Å²) in [5.74, 6) is 0. The molecule has 0 amide bonds. The van der Waals surface area contributed by atoms with E-state index >= 15 is 0 Å². The zero-order valence-electron chi connectivity index (χ0n) is 69.6. The third kappa shape index (κ3) is 20.5. The molecule has 0 aliphatic heterocycles. The predicted molar refractivity (Wildman–Crippen MR) is 511 cm³/mol. The van der Waals surface area contributed by atoms with Crippen LogP contribution in [0.2, 0.25) is 0 Å². The Labute approximate surface area is 681 Å². The van der Waals surface area contributed by atoms with Gasteiger partial charge in [-0.05, 0) is 167 Å². The molecule has 0 unspecified atom stereocenters. The van der Waals surface area contributed by atoms with Gasteiger partial charge >= 0.3 is 0 Å². The van der Waals surface area contributed by atoms with Crippen molar-refractivity contribution < 1.29 is 13.3 Å². The van der Waals surface area contributed by atoms with Gasteiger partial charge in [0.05, 0.1) is 0 Å². The molecule has 112 heavy (non-hydrogen) atoms. The van der Waals surface area contributed by atoms with Crippen LogP contribution in [-0.2, 0) is 0 Å². The zero-order chi connectivity index (χ0) is 80.8. The van der Waals surface area contributed by atoms with Crippen molar-refractivity contribution in [2.75, 3.05) is 0 Å². The summed E-state index contributed by atoms with van der Waals surface area (Å²) >= 11 is 7.51. The number of aryl methyl sites for hydroxylation is 7. The Hall–Kier alpha value is -10.6. The Bertz CT molecular complexity index is 6060. The summed E-state index contributed by atoms with van der Waals surface area (Å²) in [6.45, 7) is 42.9. The molecule has 0 fully saturated rings. The van der Waals surface area contributed by atoms with Crippen LogP contribution in [0.1, 0.15) is 136 Å². The van der Waals surface area contributed by atoms with E-state index in [1.165, 1.54) is 152 Å². The smallest absolute Gasteiger partial charge is 0.135 e. The molecule has 0 N–H and O–H groups in total. The second kappa shape index (κ2) is 43.8. The summed E-state index contributed by atoms with van der Waals surface area (Å²) in [7, 11) is 0. The summed E-state index contributed by atoms with van der Waals surface area (Å²) in [5.41, 5.74) is 15.0. The summed E-state index contributed by atoms with van der Waals surface area (Å²) in [4.78, 5) is 0. The summed E-state index contributed by atoms with van der Waals surface area (Å²) < 4.78 is 28.3. The van der Waals surface area contributed by atoms with E-state index in [-0.39, 0.29) is 0 Å². The summed E-state index contributed by atoms with van der Waals surface area (Å²) in [5, 5.41) is 18.4. The van der Waals surface area contributed by atoms with Crippen molar-refractivity contribution in [3.8, 4) is 0 Å². The lowest BCUT2D eigenvalue weighted by Gasteiger charge is -1.95. The van der Waals surface area contributed by atoms with E-state index < -0.39 is 0 Å². The number of para-hydroxylation sites is 3. The van der Waals surface area contributed by atoms with Gasteiger partial charge in [0, 0.05) is 113 Å². The number of thiophene rings is 4. The van der Waals surface area contributed by atoms with Crippen molar-refractivity contribution >= 4 is 192 Å². The fraction of sp³-hybridized carbons (Fsp3) is 0.200. The van der Waals surface area contributed by atoms with Crippen molar-refractivity contribution in [3.63, 3.8) is 0 Å². The molecular weight excluding hydrogens is 1440 g/mol. The van der Waals surface area contributed by atoms with E-state index in [0.717, 1.165) is 33.5 Å². The number of hydrogen-bond donors (Lipinski definition) is 0. The molecule has 3 nitrogen and oxygen atoms in total. The highest BCUT2D eigenvalue weighted by molar-refractivity contribution is 7.27. The quantitative estimate of drug-likeness (QED) is 0.152. The fourth-order valence-corrected chi connectivity index (χ4v) is 17.8. The van der Waals surface area contributed by atoms with E-state index in [9.17, 15) is 0 Å². The molecule has 0 atom stereocenters. The minimum Gasteiger partial charge on any atom is -0.456 e. The van der Waals surface area contributed by atoms with E-state index in [1.54, 1.807) is 0 Å². The molecule has 21 aromatic rings. The van der Waals surface area contributed by atoms with Crippen molar-refractivity contribution in [2.45, 2.75) is 145 Å². The summed E-state index contributed by atoms with van der Waals surface area (Å²) in [6, 6.07) is 104. The Kier molecular flexibility index (Phi) is 34.0. The predicted octanol–water partition coefficient (Wildman–Crippen LogP) is 36.3. The minimum atomic E-state index is 0.966. The first-order valence-corrected chi connectivity index (χ1v) is 43.3. The molecule has 14 aromatic carbocycles. The number of furan rings is 3. The first-order chi connectivity index (χ1) is 55.0. The first-order valence-electron chi connectivity index (χ1n) is 40.1. The zero-order valence-corrected chi connectivity index (χ0v) is 72.9. The fourth-order valence-electron chi connectivity index (χ4n) is 13.1. The normalized spacial score (nSPS) is 10.2. The molecule has 0 radical (unpaired) electrons. The molecule has 21 rings (SSSR count). The van der Waals surface area contributed by atoms with Crippen LogP contribution in [0.5, 0.6) is 0 Å². The van der Waals surface area contributed by atoms with Gasteiger partial charge in [-0.3, -0.25) is 0 Å². The SMILES string of the molecule is CC.CC.CC.CC.CC.CC.CC.Cc1ccc2c(c1)oc1ccccc12.Cc1ccc2c(c1)sc1ccccc12.Cc1ccc2oc3ccccc3c2c1.Cc1ccc2sc3ccccc3c2c1.Cc1cccc2c1sc1ccccc12.Cc1cccc2oc3ccccc3c12.Cc1cccc2sc3ccccc3c12. The Morgan fingerprint density at radius 2 is 0.482 bits per heavy atom. The van der Waals surface area contributed by atoms with Gasteiger partial charge in [0.25, 0.3) is 0 Å². The monoisotopic (exact) mass is 1550 g/mol. The lowest BCUT2D eigenvalue weighted by Crippen LogP contribution is -1.72. The second-order valence-electron chi connectivity index (χ2n) is 25.0. The van der Waals surface area contributed by atoms with Crippen molar-refractivity contribution in [1.29, 1.82) is 0 Å². The van der Waals surface area contributed by atoms with Gasteiger partial charge in [0.1, 0.15) is 33.5 Å². The number of rotatable bonds is 0. The van der Waals surface area contributed by atoms with E-state index in [0.29, 0.717) is 0 Å². The standard InChI is InChI=1S/3C13H10O.4C13H10S.7C2H6/c1-9-5-4-8-12-13(9)10-6-2-3-7-11(10)14-12;1-9-6-7-13-11(8-9)10-4-2-3-5-12(10)14-13;1-9-6-7-11-10-4-2-3-5-12(10)14-13(11)8-9;1-9-5-4-7-11-10-6-2-3-8-12(10)14-13(9)11;1-9-5-4-8-12-13(9)10-6-2-3-7-11(10)14-12;1-9-6-7-13-11(8-9)10-4-2-3-5-12(10)14-13;1-9-6-7-11-10-4-2-3-5-12(10)14-13(11)8-9;7*1-2/h7*2-8H,1H3;7*1-2H3. The average Bonchev–Trinajstić information content (AvgIpc) is 1.74. The van der Waals surface area contributed by atoms with Crippen molar-refractivity contribution in [2.24, 2.45) is 0 Å². The molecule has 7 heterocycles. The highest BCUT2D eigenvalue weighted by Gasteiger charge is 2.11. The van der Waals surface area contributed by atoms with E-state index in [1.807, 2.05) is 215 Å². The van der Waals surface area contributed by atoms with Crippen molar-refractivity contribution in [3.05, 3.63) is 336 Å². The molecule has 7 aromatic heterocycles. The maximum Gasteiger partial charge on any atom is 0.135 e. The maximum atomic E-state index is 5.73. The maximum absolute atomic E-state index is 5.73. The van der Waals surface area contributed by atoms with Crippen LogP contribution >= 0.6 is 45.3 Å². The molecule has 0 aliphatic carbocycles. The molecule has 0 spiro atoms. The molecule has 0 bridgehead atoms. The molecule has 0 saturated carbocycles. The largest absolute Gasteiger partial charge is 0.456 e. The lowest BCUT2D eigenvalue weighted by molar-refractivity contribution is 0.668. The van der Waals surface area contributed by atoms with Gasteiger partial charge in [-0.1, -0.05) is 314 Å². The van der Waals surface area contributed by atoms with E-state index in [2.05, 4.69) is 273 Å². The van der Waals surface area contributed by atoms with E-state index in [4.69, 9.17) is 13.3 Å². The summed E-state index contributed by atoms with van der Waals surface area (Å²) in [6.07, 6.45) is 0.